The topological polar surface area (TPSA) is 75.6 Å². The Kier molecular flexibility index (Phi) is 6.83. The summed E-state index contributed by atoms with van der Waals surface area (Å²) >= 11 is 0. The van der Waals surface area contributed by atoms with Gasteiger partial charge in [-0.3, -0.25) is 4.72 Å². The van der Waals surface area contributed by atoms with Crippen LogP contribution in [0.15, 0.2) is 24.3 Å². The molecular weight excluding hydrogens is 266 g/mol. The lowest BCUT2D eigenvalue weighted by Crippen LogP contribution is -2.20. The Morgan fingerprint density at radius 2 is 2.16 bits per heavy atom. The zero-order valence-corrected chi connectivity index (χ0v) is 11.9. The van der Waals surface area contributed by atoms with Crippen molar-refractivity contribution in [2.24, 2.45) is 0 Å². The average molecular weight is 287 g/mol. The molecule has 0 aliphatic rings. The molecule has 0 aliphatic carbocycles. The quantitative estimate of drug-likeness (QED) is 0.673. The number of sulfonamides is 1. The Morgan fingerprint density at radius 1 is 1.37 bits per heavy atom. The van der Waals surface area contributed by atoms with Gasteiger partial charge in [0.2, 0.25) is 10.0 Å². The predicted octanol–water partition coefficient (Wildman–Crippen LogP) is 1.39. The van der Waals surface area contributed by atoms with Gasteiger partial charge in [0.25, 0.3) is 0 Å². The van der Waals surface area contributed by atoms with Crippen molar-refractivity contribution >= 4 is 15.7 Å². The van der Waals surface area contributed by atoms with Gasteiger partial charge >= 0.3 is 0 Å². The average Bonchev–Trinajstić information content (AvgIpc) is 2.36. The summed E-state index contributed by atoms with van der Waals surface area (Å²) in [5, 5.41) is 8.78. The van der Waals surface area contributed by atoms with Crippen LogP contribution in [0.4, 0.5) is 5.69 Å². The molecule has 0 fully saturated rings. The monoisotopic (exact) mass is 287 g/mol. The van der Waals surface area contributed by atoms with Gasteiger partial charge in [-0.25, -0.2) is 8.42 Å². The number of aliphatic hydroxyl groups is 1. The van der Waals surface area contributed by atoms with E-state index in [-0.39, 0.29) is 19.0 Å². The van der Waals surface area contributed by atoms with Crippen LogP contribution in [0.2, 0.25) is 0 Å². The summed E-state index contributed by atoms with van der Waals surface area (Å²) in [7, 11) is -3.37. The van der Waals surface area contributed by atoms with E-state index in [1.54, 1.807) is 18.2 Å². The van der Waals surface area contributed by atoms with Gasteiger partial charge < -0.3 is 9.84 Å². The fraction of sp³-hybridized carbons (Fsp3) is 0.538. The number of hydrogen-bond donors (Lipinski definition) is 2. The first-order valence-electron chi connectivity index (χ1n) is 6.35. The molecule has 5 nitrogen and oxygen atoms in total. The number of hydrogen-bond acceptors (Lipinski definition) is 4. The van der Waals surface area contributed by atoms with Crippen molar-refractivity contribution in [3.05, 3.63) is 29.8 Å². The smallest absolute Gasteiger partial charge is 0.234 e. The minimum atomic E-state index is -3.37. The van der Waals surface area contributed by atoms with Gasteiger partial charge in [0.05, 0.1) is 12.4 Å². The molecule has 108 valence electrons. The summed E-state index contributed by atoms with van der Waals surface area (Å²) in [6.45, 7) is 2.65. The molecule has 0 aromatic heterocycles. The third-order valence-electron chi connectivity index (χ3n) is 2.52. The number of rotatable bonds is 9. The highest BCUT2D eigenvalue weighted by Gasteiger charge is 2.10. The lowest BCUT2D eigenvalue weighted by Gasteiger charge is -2.09. The van der Waals surface area contributed by atoms with Crippen molar-refractivity contribution in [2.45, 2.75) is 19.8 Å². The van der Waals surface area contributed by atoms with Gasteiger partial charge in [0.1, 0.15) is 0 Å². The summed E-state index contributed by atoms with van der Waals surface area (Å²) in [6, 6.07) is 7.20. The fourth-order valence-electron chi connectivity index (χ4n) is 1.62. The normalized spacial score (nSPS) is 11.5. The van der Waals surface area contributed by atoms with Crippen LogP contribution in [0.5, 0.6) is 0 Å². The maximum atomic E-state index is 11.8. The molecular formula is C13H21NO4S. The minimum Gasteiger partial charge on any atom is -0.396 e. The SMILES string of the molecule is CCOCCS(=O)(=O)Nc1cccc(CCCO)c1. The first-order valence-corrected chi connectivity index (χ1v) is 8.00. The number of benzene rings is 1. The van der Waals surface area contributed by atoms with E-state index in [9.17, 15) is 8.42 Å². The molecule has 19 heavy (non-hydrogen) atoms. The van der Waals surface area contributed by atoms with Gasteiger partial charge in [-0.1, -0.05) is 12.1 Å². The zero-order chi connectivity index (χ0) is 14.1. The molecule has 0 saturated heterocycles. The lowest BCUT2D eigenvalue weighted by molar-refractivity contribution is 0.163. The fourth-order valence-corrected chi connectivity index (χ4v) is 2.54. The van der Waals surface area contributed by atoms with E-state index in [1.807, 2.05) is 13.0 Å². The van der Waals surface area contributed by atoms with Crippen molar-refractivity contribution < 1.29 is 18.3 Å². The lowest BCUT2D eigenvalue weighted by atomic mass is 10.1. The molecule has 1 aromatic rings. The highest BCUT2D eigenvalue weighted by molar-refractivity contribution is 7.92. The Labute approximate surface area is 114 Å². The molecule has 0 atom stereocenters. The van der Waals surface area contributed by atoms with E-state index in [1.165, 1.54) is 0 Å². The first-order chi connectivity index (χ1) is 9.07. The molecule has 0 heterocycles. The van der Waals surface area contributed by atoms with Crippen LogP contribution in [0.3, 0.4) is 0 Å². The molecule has 0 unspecified atom stereocenters. The van der Waals surface area contributed by atoms with Crippen LogP contribution in [-0.2, 0) is 21.2 Å². The van der Waals surface area contributed by atoms with Crippen LogP contribution in [0.1, 0.15) is 18.9 Å². The molecule has 1 aromatic carbocycles. The van der Waals surface area contributed by atoms with E-state index in [0.29, 0.717) is 18.7 Å². The zero-order valence-electron chi connectivity index (χ0n) is 11.1. The summed E-state index contributed by atoms with van der Waals surface area (Å²) in [4.78, 5) is 0. The largest absolute Gasteiger partial charge is 0.396 e. The van der Waals surface area contributed by atoms with Crippen LogP contribution in [0, 0.1) is 0 Å². The van der Waals surface area contributed by atoms with Gasteiger partial charge in [0, 0.05) is 18.9 Å². The molecule has 6 heteroatoms. The molecule has 0 radical (unpaired) electrons. The van der Waals surface area contributed by atoms with Crippen LogP contribution in [-0.4, -0.2) is 39.1 Å². The van der Waals surface area contributed by atoms with Gasteiger partial charge in [-0.05, 0) is 37.5 Å². The summed E-state index contributed by atoms with van der Waals surface area (Å²) in [5.41, 5.74) is 1.55. The standard InChI is InChI=1S/C13H21NO4S/c1-2-18-9-10-19(16,17)14-13-7-3-5-12(11-13)6-4-8-15/h3,5,7,11,14-15H,2,4,6,8-10H2,1H3. The number of aryl methyl sites for hydroxylation is 1. The maximum absolute atomic E-state index is 11.8. The second kappa shape index (κ2) is 8.14. The predicted molar refractivity (Wildman–Crippen MR) is 75.8 cm³/mol. The van der Waals surface area contributed by atoms with E-state index in [0.717, 1.165) is 12.0 Å². The second-order valence-corrected chi connectivity index (χ2v) is 5.99. The Bertz CT molecular complexity index is 473. The summed E-state index contributed by atoms with van der Waals surface area (Å²) < 4.78 is 31.1. The third kappa shape index (κ3) is 6.56. The summed E-state index contributed by atoms with van der Waals surface area (Å²) in [5.74, 6) is -0.0539. The highest BCUT2D eigenvalue weighted by atomic mass is 32.2. The highest BCUT2D eigenvalue weighted by Crippen LogP contribution is 2.13. The van der Waals surface area contributed by atoms with Crippen molar-refractivity contribution in [2.75, 3.05) is 30.3 Å². The van der Waals surface area contributed by atoms with Gasteiger partial charge in [0.15, 0.2) is 0 Å². The minimum absolute atomic E-state index is 0.0539. The van der Waals surface area contributed by atoms with E-state index in [2.05, 4.69) is 4.72 Å². The Hall–Kier alpha value is -1.11. The molecule has 1 rings (SSSR count). The molecule has 0 saturated carbocycles. The molecule has 0 spiro atoms. The Balaban J connectivity index is 2.60. The van der Waals surface area contributed by atoms with E-state index < -0.39 is 10.0 Å². The van der Waals surface area contributed by atoms with Crippen molar-refractivity contribution in [1.29, 1.82) is 0 Å². The first kappa shape index (κ1) is 15.9. The molecule has 0 amide bonds. The van der Waals surface area contributed by atoms with E-state index >= 15 is 0 Å². The molecule has 0 bridgehead atoms. The van der Waals surface area contributed by atoms with Gasteiger partial charge in [-0.2, -0.15) is 0 Å². The number of aliphatic hydroxyl groups excluding tert-OH is 1. The number of ether oxygens (including phenoxy) is 1. The maximum Gasteiger partial charge on any atom is 0.234 e. The molecule has 2 N–H and O–H groups in total. The van der Waals surface area contributed by atoms with Crippen LogP contribution < -0.4 is 4.72 Å². The number of anilines is 1. The van der Waals surface area contributed by atoms with Crippen LogP contribution in [0.25, 0.3) is 0 Å². The second-order valence-electron chi connectivity index (χ2n) is 4.15. The Morgan fingerprint density at radius 3 is 2.84 bits per heavy atom. The van der Waals surface area contributed by atoms with Crippen molar-refractivity contribution in [1.82, 2.24) is 0 Å². The van der Waals surface area contributed by atoms with E-state index in [4.69, 9.17) is 9.84 Å². The van der Waals surface area contributed by atoms with Crippen molar-refractivity contribution in [3.8, 4) is 0 Å². The summed E-state index contributed by atoms with van der Waals surface area (Å²) in [6.07, 6.45) is 1.39. The van der Waals surface area contributed by atoms with Gasteiger partial charge in [-0.15, -0.1) is 0 Å². The van der Waals surface area contributed by atoms with Crippen molar-refractivity contribution in [3.63, 3.8) is 0 Å². The number of nitrogens with one attached hydrogen (secondary N) is 1. The molecule has 0 aliphatic heterocycles. The third-order valence-corrected chi connectivity index (χ3v) is 3.78. The van der Waals surface area contributed by atoms with Crippen LogP contribution >= 0.6 is 0 Å².